The average Bonchev–Trinajstić information content (AvgIpc) is 3.15. The zero-order valence-corrected chi connectivity index (χ0v) is 18.5. The van der Waals surface area contributed by atoms with E-state index in [0.717, 1.165) is 27.8 Å². The van der Waals surface area contributed by atoms with E-state index in [2.05, 4.69) is 14.9 Å². The lowest BCUT2D eigenvalue weighted by Crippen LogP contribution is -2.50. The molecule has 0 radical (unpaired) electrons. The first-order valence-electron chi connectivity index (χ1n) is 9.98. The van der Waals surface area contributed by atoms with Gasteiger partial charge < -0.3 is 25.2 Å². The minimum absolute atomic E-state index is 0.174. The Morgan fingerprint density at radius 2 is 2.00 bits per heavy atom. The molecule has 1 aromatic heterocycles. The summed E-state index contributed by atoms with van der Waals surface area (Å²) in [5, 5.41) is 10.7. The van der Waals surface area contributed by atoms with Gasteiger partial charge in [-0.05, 0) is 24.2 Å². The number of piperazine rings is 1. The van der Waals surface area contributed by atoms with Crippen LogP contribution in [0.4, 0.5) is 15.3 Å². The predicted molar refractivity (Wildman–Crippen MR) is 116 cm³/mol. The van der Waals surface area contributed by atoms with Gasteiger partial charge >= 0.3 is 12.1 Å². The number of para-hydroxylation sites is 1. The Morgan fingerprint density at radius 1 is 1.25 bits per heavy atom. The molecule has 2 aliphatic heterocycles. The topological polar surface area (TPSA) is 134 Å². The number of phenolic OH excluding ortho intramolecular Hbond substituents is 1. The number of aryl methyl sites for hydroxylation is 1. The summed E-state index contributed by atoms with van der Waals surface area (Å²) in [6.45, 7) is 4.62. The molecule has 0 spiro atoms. The molecule has 3 N–H and O–H groups in total. The molecule has 0 bridgehead atoms. The molecule has 32 heavy (non-hydrogen) atoms. The van der Waals surface area contributed by atoms with E-state index < -0.39 is 17.7 Å². The van der Waals surface area contributed by atoms with Crippen LogP contribution < -0.4 is 15.4 Å². The molecule has 1 atom stereocenters. The molecular weight excluding hydrogens is 436 g/mol. The smallest absolute Gasteiger partial charge is 0.412 e. The zero-order chi connectivity index (χ0) is 22.8. The fourth-order valence-corrected chi connectivity index (χ4v) is 4.71. The summed E-state index contributed by atoms with van der Waals surface area (Å²) < 4.78 is 10.8. The zero-order valence-electron chi connectivity index (χ0n) is 17.7. The number of aromatic nitrogens is 2. The number of benzene rings is 1. The first kappa shape index (κ1) is 22.0. The van der Waals surface area contributed by atoms with Gasteiger partial charge in [-0.15, -0.1) is 0 Å². The summed E-state index contributed by atoms with van der Waals surface area (Å²) in [6, 6.07) is 4.87. The maximum absolute atomic E-state index is 12.8. The summed E-state index contributed by atoms with van der Waals surface area (Å²) in [4.78, 5) is 37.8. The number of ether oxygens (including phenoxy) is 2. The third kappa shape index (κ3) is 4.23. The number of urea groups is 1. The Bertz CT molecular complexity index is 1030. The monoisotopic (exact) mass is 460 g/mol. The van der Waals surface area contributed by atoms with Gasteiger partial charge in [-0.3, -0.25) is 4.90 Å². The molecule has 2 aliphatic rings. The third-order valence-corrected chi connectivity index (χ3v) is 6.43. The lowest BCUT2D eigenvalue weighted by Gasteiger charge is -2.35. The van der Waals surface area contributed by atoms with Crippen LogP contribution in [0.15, 0.2) is 29.6 Å². The van der Waals surface area contributed by atoms with Crippen molar-refractivity contribution >= 4 is 29.6 Å². The minimum atomic E-state index is -0.997. The number of primary amides is 1. The molecule has 0 aliphatic carbocycles. The summed E-state index contributed by atoms with van der Waals surface area (Å²) in [5.74, 6) is 0.477. The number of nitrogens with zero attached hydrogens (tertiary/aromatic N) is 5. The normalized spacial score (nSPS) is 18.4. The van der Waals surface area contributed by atoms with Crippen LogP contribution in [-0.4, -0.2) is 75.8 Å². The molecule has 1 fully saturated rings. The average molecular weight is 461 g/mol. The second-order valence-corrected chi connectivity index (χ2v) is 8.43. The molecule has 170 valence electrons. The summed E-state index contributed by atoms with van der Waals surface area (Å²) in [6.07, 6.45) is 0.755. The number of nitrogens with two attached hydrogens (primary N) is 1. The number of anilines is 1. The van der Waals surface area contributed by atoms with Crippen LogP contribution in [0.1, 0.15) is 11.1 Å². The number of rotatable bonds is 4. The van der Waals surface area contributed by atoms with Crippen molar-refractivity contribution < 1.29 is 24.2 Å². The summed E-state index contributed by atoms with van der Waals surface area (Å²) >= 11 is 1.09. The molecule has 1 unspecified atom stereocenters. The van der Waals surface area contributed by atoms with Crippen molar-refractivity contribution in [1.29, 1.82) is 0 Å². The van der Waals surface area contributed by atoms with E-state index in [0.29, 0.717) is 43.5 Å². The van der Waals surface area contributed by atoms with Crippen LogP contribution in [0.3, 0.4) is 0 Å². The second-order valence-electron chi connectivity index (χ2n) is 7.40. The van der Waals surface area contributed by atoms with Crippen LogP contribution in [0, 0.1) is 6.92 Å². The van der Waals surface area contributed by atoms with Crippen molar-refractivity contribution in [3.63, 3.8) is 0 Å². The molecule has 0 saturated carbocycles. The Hall–Kier alpha value is -3.25. The van der Waals surface area contributed by atoms with Gasteiger partial charge in [0.1, 0.15) is 22.8 Å². The highest BCUT2D eigenvalue weighted by atomic mass is 32.2. The maximum Gasteiger partial charge on any atom is 0.412 e. The lowest BCUT2D eigenvalue weighted by molar-refractivity contribution is 0.0688. The van der Waals surface area contributed by atoms with Gasteiger partial charge in [0.05, 0.1) is 7.11 Å². The minimum Gasteiger partial charge on any atom is -0.507 e. The molecule has 12 heteroatoms. The molecule has 1 aromatic carbocycles. The first-order chi connectivity index (χ1) is 15.4. The fourth-order valence-electron chi connectivity index (χ4n) is 3.67. The number of phenols is 1. The highest BCUT2D eigenvalue weighted by Crippen LogP contribution is 2.46. The van der Waals surface area contributed by atoms with Gasteiger partial charge in [0.2, 0.25) is 11.4 Å². The van der Waals surface area contributed by atoms with Gasteiger partial charge in [0.15, 0.2) is 0 Å². The van der Waals surface area contributed by atoms with Gasteiger partial charge in [0, 0.05) is 38.3 Å². The van der Waals surface area contributed by atoms with Crippen molar-refractivity contribution in [3.05, 3.63) is 35.7 Å². The Morgan fingerprint density at radius 3 is 2.69 bits per heavy atom. The molecule has 1 saturated heterocycles. The van der Waals surface area contributed by atoms with E-state index >= 15 is 0 Å². The number of carbonyl (C=O) groups is 2. The molecule has 3 amide bonds. The number of carbonyl (C=O) groups excluding carboxylic acids is 2. The van der Waals surface area contributed by atoms with Crippen LogP contribution in [0.5, 0.6) is 11.6 Å². The van der Waals surface area contributed by atoms with E-state index in [1.165, 1.54) is 13.4 Å². The second kappa shape index (κ2) is 9.09. The van der Waals surface area contributed by atoms with E-state index in [1.807, 2.05) is 25.1 Å². The van der Waals surface area contributed by atoms with Crippen molar-refractivity contribution in [3.8, 4) is 11.6 Å². The highest BCUT2D eigenvalue weighted by Gasteiger charge is 2.41. The van der Waals surface area contributed by atoms with E-state index in [4.69, 9.17) is 15.2 Å². The van der Waals surface area contributed by atoms with Crippen LogP contribution >= 0.6 is 11.8 Å². The molecule has 2 aromatic rings. The summed E-state index contributed by atoms with van der Waals surface area (Å²) in [7, 11) is 1.42. The quantitative estimate of drug-likeness (QED) is 0.654. The van der Waals surface area contributed by atoms with Gasteiger partial charge in [-0.1, -0.05) is 18.2 Å². The van der Waals surface area contributed by atoms with Gasteiger partial charge in [-0.25, -0.2) is 19.5 Å². The first-order valence-corrected chi connectivity index (χ1v) is 10.9. The predicted octanol–water partition coefficient (Wildman–Crippen LogP) is 1.73. The number of thioether (sulfide) groups is 1. The van der Waals surface area contributed by atoms with Gasteiger partial charge in [-0.2, -0.15) is 4.98 Å². The SMILES string of the molecule is COc1ncnc2c1N(C(N)=O)C(OC(=O)N1CCN(Cc3cccc(C)c3O)CC1)S2. The van der Waals surface area contributed by atoms with Crippen LogP contribution in [0.2, 0.25) is 0 Å². The largest absolute Gasteiger partial charge is 0.507 e. The number of methoxy groups -OCH3 is 1. The Balaban J connectivity index is 1.37. The standard InChI is InChI=1S/C20H24N6O5S/c1-12-4-3-5-13(15(12)27)10-24-6-8-25(9-7-24)19(29)31-20-26(18(21)28)14-16(30-2)22-11-23-17(14)32-20/h3-5,11,20,27H,6-10H2,1-2H3,(H2,21,28). The van der Waals surface area contributed by atoms with E-state index in [9.17, 15) is 14.7 Å². The Labute approximate surface area is 189 Å². The number of fused-ring (bicyclic) bond motifs is 1. The molecule has 11 nitrogen and oxygen atoms in total. The van der Waals surface area contributed by atoms with Crippen molar-refractivity contribution in [2.24, 2.45) is 5.73 Å². The Kier molecular flexibility index (Phi) is 6.24. The van der Waals surface area contributed by atoms with Gasteiger partial charge in [0.25, 0.3) is 0 Å². The van der Waals surface area contributed by atoms with E-state index in [-0.39, 0.29) is 11.6 Å². The van der Waals surface area contributed by atoms with Crippen molar-refractivity contribution in [2.75, 3.05) is 38.2 Å². The number of hydrogen-bond acceptors (Lipinski definition) is 9. The van der Waals surface area contributed by atoms with Crippen LogP contribution in [-0.2, 0) is 11.3 Å². The number of amides is 3. The maximum atomic E-state index is 12.8. The van der Waals surface area contributed by atoms with E-state index in [1.54, 1.807) is 4.90 Å². The van der Waals surface area contributed by atoms with Crippen molar-refractivity contribution in [1.82, 2.24) is 19.8 Å². The molecular formula is C20H24N6O5S. The number of hydrogen-bond donors (Lipinski definition) is 2. The fraction of sp³-hybridized carbons (Fsp3) is 0.400. The lowest BCUT2D eigenvalue weighted by atomic mass is 10.1. The highest BCUT2D eigenvalue weighted by molar-refractivity contribution is 8.00. The summed E-state index contributed by atoms with van der Waals surface area (Å²) in [5.41, 5.74) is 6.50. The molecule has 3 heterocycles. The van der Waals surface area contributed by atoms with Crippen LogP contribution in [0.25, 0.3) is 0 Å². The van der Waals surface area contributed by atoms with Crippen molar-refractivity contribution in [2.45, 2.75) is 24.1 Å². The number of aromatic hydroxyl groups is 1. The third-order valence-electron chi connectivity index (χ3n) is 5.40. The molecule has 4 rings (SSSR count).